The van der Waals surface area contributed by atoms with Gasteiger partial charge in [0.1, 0.15) is 0 Å². The maximum atomic E-state index is 11.6. The Morgan fingerprint density at radius 3 is 2.71 bits per heavy atom. The zero-order valence-corrected chi connectivity index (χ0v) is 10.4. The predicted molar refractivity (Wildman–Crippen MR) is 70.5 cm³/mol. The number of hydrogen-bond donors (Lipinski definition) is 0. The lowest BCUT2D eigenvalue weighted by molar-refractivity contribution is 0.755. The first-order valence-corrected chi connectivity index (χ1v) is 6.04. The third kappa shape index (κ3) is 2.77. The summed E-state index contributed by atoms with van der Waals surface area (Å²) >= 11 is 5.78. The fraction of sp³-hybridized carbons (Fsp3) is 0.214. The molecule has 1 aromatic heterocycles. The fourth-order valence-electron chi connectivity index (χ4n) is 1.79. The first kappa shape index (κ1) is 11.9. The molecule has 88 valence electrons. The van der Waals surface area contributed by atoms with Gasteiger partial charge in [-0.05, 0) is 29.7 Å². The number of pyridine rings is 1. The minimum Gasteiger partial charge on any atom is -0.311 e. The van der Waals surface area contributed by atoms with Crippen molar-refractivity contribution in [3.8, 4) is 0 Å². The normalized spacial score (nSPS) is 10.5. The number of aryl methyl sites for hydroxylation is 1. The van der Waals surface area contributed by atoms with E-state index in [4.69, 9.17) is 11.6 Å². The van der Waals surface area contributed by atoms with Crippen LogP contribution in [0.25, 0.3) is 0 Å². The summed E-state index contributed by atoms with van der Waals surface area (Å²) < 4.78 is 1.70. The highest BCUT2D eigenvalue weighted by Crippen LogP contribution is 2.13. The van der Waals surface area contributed by atoms with E-state index in [0.717, 1.165) is 11.1 Å². The highest BCUT2D eigenvalue weighted by Gasteiger charge is 2.01. The van der Waals surface area contributed by atoms with Crippen LogP contribution in [0.15, 0.2) is 47.4 Å². The van der Waals surface area contributed by atoms with E-state index in [9.17, 15) is 4.79 Å². The Morgan fingerprint density at radius 1 is 1.24 bits per heavy atom. The fourth-order valence-corrected chi connectivity index (χ4v) is 1.96. The monoisotopic (exact) mass is 247 g/mol. The van der Waals surface area contributed by atoms with Crippen LogP contribution in [0.5, 0.6) is 0 Å². The van der Waals surface area contributed by atoms with Gasteiger partial charge >= 0.3 is 0 Å². The molecule has 0 aliphatic carbocycles. The van der Waals surface area contributed by atoms with E-state index in [0.29, 0.717) is 12.4 Å². The molecular formula is C14H14ClNO. The average Bonchev–Trinajstić information content (AvgIpc) is 2.34. The zero-order valence-electron chi connectivity index (χ0n) is 9.69. The van der Waals surface area contributed by atoms with E-state index < -0.39 is 0 Å². The number of benzene rings is 1. The van der Waals surface area contributed by atoms with Crippen LogP contribution >= 0.6 is 11.6 Å². The van der Waals surface area contributed by atoms with Gasteiger partial charge in [-0.1, -0.05) is 24.3 Å². The summed E-state index contributed by atoms with van der Waals surface area (Å²) in [6.45, 7) is 2.65. The second kappa shape index (κ2) is 5.19. The van der Waals surface area contributed by atoms with E-state index in [1.165, 1.54) is 5.56 Å². The van der Waals surface area contributed by atoms with Crippen molar-refractivity contribution in [3.05, 3.63) is 69.6 Å². The van der Waals surface area contributed by atoms with Crippen LogP contribution in [0, 0.1) is 6.92 Å². The summed E-state index contributed by atoms with van der Waals surface area (Å²) in [6.07, 6.45) is 1.80. The topological polar surface area (TPSA) is 22.0 Å². The molecule has 2 nitrogen and oxygen atoms in total. The number of halogens is 1. The van der Waals surface area contributed by atoms with Gasteiger partial charge in [0.25, 0.3) is 5.56 Å². The van der Waals surface area contributed by atoms with Crippen LogP contribution < -0.4 is 5.56 Å². The molecule has 0 unspecified atom stereocenters. The van der Waals surface area contributed by atoms with Gasteiger partial charge < -0.3 is 4.57 Å². The van der Waals surface area contributed by atoms with Crippen LogP contribution in [0.4, 0.5) is 0 Å². The van der Waals surface area contributed by atoms with Crippen molar-refractivity contribution < 1.29 is 0 Å². The zero-order chi connectivity index (χ0) is 12.3. The number of hydrogen-bond acceptors (Lipinski definition) is 1. The summed E-state index contributed by atoms with van der Waals surface area (Å²) in [5, 5.41) is 0. The highest BCUT2D eigenvalue weighted by molar-refractivity contribution is 6.17. The molecule has 0 atom stereocenters. The van der Waals surface area contributed by atoms with E-state index in [2.05, 4.69) is 6.07 Å². The molecule has 0 spiro atoms. The van der Waals surface area contributed by atoms with Crippen LogP contribution in [0.3, 0.4) is 0 Å². The van der Waals surface area contributed by atoms with E-state index in [1.807, 2.05) is 25.1 Å². The van der Waals surface area contributed by atoms with Gasteiger partial charge in [0.2, 0.25) is 0 Å². The predicted octanol–water partition coefficient (Wildman–Crippen LogP) is 2.94. The molecule has 2 aromatic rings. The third-order valence-corrected chi connectivity index (χ3v) is 3.11. The molecule has 0 saturated carbocycles. The molecule has 0 amide bonds. The minimum absolute atomic E-state index is 0.0216. The van der Waals surface area contributed by atoms with E-state index in [-0.39, 0.29) is 5.56 Å². The molecule has 0 N–H and O–H groups in total. The third-order valence-electron chi connectivity index (χ3n) is 2.80. The SMILES string of the molecule is Cc1cc(CCl)ccc1Cn1ccccc1=O. The molecule has 0 fully saturated rings. The van der Waals surface area contributed by atoms with Crippen LogP contribution in [-0.2, 0) is 12.4 Å². The second-order valence-electron chi connectivity index (χ2n) is 4.06. The van der Waals surface area contributed by atoms with Gasteiger partial charge in [-0.15, -0.1) is 11.6 Å². The smallest absolute Gasteiger partial charge is 0.250 e. The summed E-state index contributed by atoms with van der Waals surface area (Å²) in [4.78, 5) is 11.6. The Bertz CT molecular complexity index is 574. The van der Waals surface area contributed by atoms with Crippen LogP contribution in [-0.4, -0.2) is 4.57 Å². The van der Waals surface area contributed by atoms with E-state index >= 15 is 0 Å². The molecule has 17 heavy (non-hydrogen) atoms. The van der Waals surface area contributed by atoms with Crippen molar-refractivity contribution in [2.75, 3.05) is 0 Å². The molecule has 3 heteroatoms. The Balaban J connectivity index is 2.31. The molecule has 1 aromatic carbocycles. The number of alkyl halides is 1. The van der Waals surface area contributed by atoms with Crippen LogP contribution in [0.1, 0.15) is 16.7 Å². The minimum atomic E-state index is 0.0216. The largest absolute Gasteiger partial charge is 0.311 e. The lowest BCUT2D eigenvalue weighted by Crippen LogP contribution is -2.18. The summed E-state index contributed by atoms with van der Waals surface area (Å²) in [6, 6.07) is 11.3. The molecule has 0 radical (unpaired) electrons. The summed E-state index contributed by atoms with van der Waals surface area (Å²) in [5.74, 6) is 0.520. The maximum Gasteiger partial charge on any atom is 0.250 e. The molecule has 1 heterocycles. The van der Waals surface area contributed by atoms with Gasteiger partial charge in [-0.2, -0.15) is 0 Å². The van der Waals surface area contributed by atoms with Crippen molar-refractivity contribution >= 4 is 11.6 Å². The maximum absolute atomic E-state index is 11.6. The van der Waals surface area contributed by atoms with Crippen molar-refractivity contribution in [2.45, 2.75) is 19.3 Å². The molecule has 0 aliphatic heterocycles. The molecule has 0 saturated heterocycles. The lowest BCUT2D eigenvalue weighted by atomic mass is 10.1. The Kier molecular flexibility index (Phi) is 3.64. The van der Waals surface area contributed by atoms with Crippen molar-refractivity contribution in [1.29, 1.82) is 0 Å². The van der Waals surface area contributed by atoms with Gasteiger partial charge in [-0.3, -0.25) is 4.79 Å². The standard InChI is InChI=1S/C14H14ClNO/c1-11-8-12(9-15)5-6-13(11)10-16-7-3-2-4-14(16)17/h2-8H,9-10H2,1H3. The van der Waals surface area contributed by atoms with Crippen molar-refractivity contribution in [2.24, 2.45) is 0 Å². The molecule has 0 bridgehead atoms. The Labute approximate surface area is 105 Å². The summed E-state index contributed by atoms with van der Waals surface area (Å²) in [7, 11) is 0. The molecule has 2 rings (SSSR count). The molecule has 0 aliphatic rings. The van der Waals surface area contributed by atoms with Gasteiger partial charge in [0.05, 0.1) is 6.54 Å². The van der Waals surface area contributed by atoms with E-state index in [1.54, 1.807) is 22.9 Å². The quantitative estimate of drug-likeness (QED) is 0.765. The van der Waals surface area contributed by atoms with Gasteiger partial charge in [0, 0.05) is 18.1 Å². The first-order valence-electron chi connectivity index (χ1n) is 5.50. The van der Waals surface area contributed by atoms with Crippen molar-refractivity contribution in [1.82, 2.24) is 4.57 Å². The first-order chi connectivity index (χ1) is 8.20. The van der Waals surface area contributed by atoms with Crippen molar-refractivity contribution in [3.63, 3.8) is 0 Å². The number of nitrogens with zero attached hydrogens (tertiary/aromatic N) is 1. The second-order valence-corrected chi connectivity index (χ2v) is 4.33. The average molecular weight is 248 g/mol. The lowest BCUT2D eigenvalue weighted by Gasteiger charge is -2.09. The van der Waals surface area contributed by atoms with Crippen LogP contribution in [0.2, 0.25) is 0 Å². The molecular weight excluding hydrogens is 234 g/mol. The number of aromatic nitrogens is 1. The highest BCUT2D eigenvalue weighted by atomic mass is 35.5. The van der Waals surface area contributed by atoms with Gasteiger partial charge in [-0.25, -0.2) is 0 Å². The summed E-state index contributed by atoms with van der Waals surface area (Å²) in [5.41, 5.74) is 3.44. The Morgan fingerprint density at radius 2 is 2.06 bits per heavy atom. The van der Waals surface area contributed by atoms with Gasteiger partial charge in [0.15, 0.2) is 0 Å². The Hall–Kier alpha value is -1.54. The number of rotatable bonds is 3.